The van der Waals surface area contributed by atoms with Gasteiger partial charge in [-0.05, 0) is 0 Å². The zero-order valence-electron chi connectivity index (χ0n) is 7.89. The predicted octanol–water partition coefficient (Wildman–Crippen LogP) is -2.84. The number of epoxide rings is 1. The number of hydrogen-bond acceptors (Lipinski definition) is 7. The normalized spacial score (nSPS) is 50.4. The van der Waals surface area contributed by atoms with Gasteiger partial charge in [0.2, 0.25) is 0 Å². The molecule has 0 amide bonds. The molecule has 0 bridgehead atoms. The van der Waals surface area contributed by atoms with Crippen molar-refractivity contribution in [2.45, 2.75) is 37.0 Å². The van der Waals surface area contributed by atoms with Gasteiger partial charge in [0.15, 0.2) is 12.6 Å². The van der Waals surface area contributed by atoms with E-state index in [0.29, 0.717) is 6.61 Å². The molecule has 88 valence electrons. The van der Waals surface area contributed by atoms with Crippen molar-refractivity contribution < 1.29 is 34.6 Å². The number of hydrogen-bond donors (Lipinski definition) is 4. The molecule has 7 nitrogen and oxygen atoms in total. The van der Waals surface area contributed by atoms with Gasteiger partial charge in [0.25, 0.3) is 0 Å². The lowest BCUT2D eigenvalue weighted by atomic mass is 9.99. The molecule has 2 aliphatic rings. The topological polar surface area (TPSA) is 112 Å². The Hall–Kier alpha value is -0.280. The lowest BCUT2D eigenvalue weighted by Gasteiger charge is -2.39. The average Bonchev–Trinajstić information content (AvgIpc) is 3.03. The summed E-state index contributed by atoms with van der Waals surface area (Å²) in [5.41, 5.74) is 0. The van der Waals surface area contributed by atoms with Gasteiger partial charge in [-0.1, -0.05) is 0 Å². The van der Waals surface area contributed by atoms with Crippen molar-refractivity contribution in [3.63, 3.8) is 0 Å². The van der Waals surface area contributed by atoms with Crippen LogP contribution in [0.3, 0.4) is 0 Å². The zero-order valence-corrected chi connectivity index (χ0v) is 7.89. The van der Waals surface area contributed by atoms with E-state index in [1.165, 1.54) is 0 Å². The van der Waals surface area contributed by atoms with Gasteiger partial charge in [-0.3, -0.25) is 0 Å². The molecule has 4 N–H and O–H groups in total. The molecule has 0 radical (unpaired) electrons. The van der Waals surface area contributed by atoms with Crippen LogP contribution in [0.25, 0.3) is 0 Å². The van der Waals surface area contributed by atoms with Crippen molar-refractivity contribution in [2.75, 3.05) is 13.2 Å². The van der Waals surface area contributed by atoms with Crippen LogP contribution in [0.4, 0.5) is 0 Å². The molecule has 0 spiro atoms. The van der Waals surface area contributed by atoms with Crippen LogP contribution >= 0.6 is 0 Å². The van der Waals surface area contributed by atoms with Gasteiger partial charge in [0.1, 0.15) is 31.0 Å². The van der Waals surface area contributed by atoms with E-state index in [9.17, 15) is 15.3 Å². The third-order valence-electron chi connectivity index (χ3n) is 2.44. The van der Waals surface area contributed by atoms with Gasteiger partial charge >= 0.3 is 0 Å². The van der Waals surface area contributed by atoms with Crippen molar-refractivity contribution in [2.24, 2.45) is 0 Å². The first-order valence-electron chi connectivity index (χ1n) is 4.71. The lowest BCUT2D eigenvalue weighted by molar-refractivity contribution is -0.309. The minimum Gasteiger partial charge on any atom is -0.394 e. The summed E-state index contributed by atoms with van der Waals surface area (Å²) >= 11 is 0. The van der Waals surface area contributed by atoms with Crippen LogP contribution in [0.15, 0.2) is 0 Å². The van der Waals surface area contributed by atoms with E-state index in [4.69, 9.17) is 19.3 Å². The van der Waals surface area contributed by atoms with Gasteiger partial charge in [0, 0.05) is 0 Å². The standard InChI is InChI=1S/C8H14O7/c9-1-3-5(10)6(11)7(12)8(14-3)15-4-2-13-4/h3-12H,1-2H2/t3-,4?,5-,6+,7-,8?/m1/s1. The van der Waals surface area contributed by atoms with Crippen molar-refractivity contribution in [3.8, 4) is 0 Å². The van der Waals surface area contributed by atoms with Gasteiger partial charge < -0.3 is 34.6 Å². The molecule has 2 heterocycles. The summed E-state index contributed by atoms with van der Waals surface area (Å²) in [6, 6.07) is 0. The minimum absolute atomic E-state index is 0.412. The molecular formula is C8H14O7. The molecule has 0 aromatic rings. The number of aliphatic hydroxyl groups excluding tert-OH is 4. The van der Waals surface area contributed by atoms with Gasteiger partial charge in [-0.2, -0.15) is 0 Å². The smallest absolute Gasteiger partial charge is 0.189 e. The van der Waals surface area contributed by atoms with Crippen LogP contribution in [0.2, 0.25) is 0 Å². The Morgan fingerprint density at radius 2 is 1.80 bits per heavy atom. The maximum Gasteiger partial charge on any atom is 0.189 e. The Kier molecular flexibility index (Phi) is 3.21. The first-order valence-corrected chi connectivity index (χ1v) is 4.71. The summed E-state index contributed by atoms with van der Waals surface area (Å²) in [6.07, 6.45) is -6.58. The summed E-state index contributed by atoms with van der Waals surface area (Å²) in [5.74, 6) is 0. The molecule has 6 atom stereocenters. The molecular weight excluding hydrogens is 208 g/mol. The van der Waals surface area contributed by atoms with E-state index in [2.05, 4.69) is 0 Å². The summed E-state index contributed by atoms with van der Waals surface area (Å²) in [5, 5.41) is 37.2. The highest BCUT2D eigenvalue weighted by Gasteiger charge is 2.46. The molecule has 0 aliphatic carbocycles. The third kappa shape index (κ3) is 2.28. The molecule has 0 saturated carbocycles. The van der Waals surface area contributed by atoms with Gasteiger partial charge in [-0.15, -0.1) is 0 Å². The van der Waals surface area contributed by atoms with Crippen LogP contribution in [0.5, 0.6) is 0 Å². The molecule has 2 rings (SSSR count). The Morgan fingerprint density at radius 3 is 2.33 bits per heavy atom. The van der Waals surface area contributed by atoms with Crippen LogP contribution in [0, 0.1) is 0 Å². The molecule has 2 saturated heterocycles. The van der Waals surface area contributed by atoms with Gasteiger partial charge in [0.05, 0.1) is 6.61 Å². The maximum atomic E-state index is 9.50. The summed E-state index contributed by atoms with van der Waals surface area (Å²) < 4.78 is 14.9. The van der Waals surface area contributed by atoms with E-state index in [-0.39, 0.29) is 0 Å². The monoisotopic (exact) mass is 222 g/mol. The highest BCUT2D eigenvalue weighted by Crippen LogP contribution is 2.25. The first kappa shape index (κ1) is 11.2. The highest BCUT2D eigenvalue weighted by atomic mass is 16.8. The Balaban J connectivity index is 1.97. The lowest BCUT2D eigenvalue weighted by Crippen LogP contribution is -2.59. The minimum atomic E-state index is -1.40. The molecule has 15 heavy (non-hydrogen) atoms. The highest BCUT2D eigenvalue weighted by molar-refractivity contribution is 4.89. The van der Waals surface area contributed by atoms with Crippen LogP contribution in [0.1, 0.15) is 0 Å². The molecule has 0 aromatic carbocycles. The summed E-state index contributed by atoms with van der Waals surface area (Å²) in [6.45, 7) is -0.0502. The fraction of sp³-hybridized carbons (Fsp3) is 1.00. The Labute approximate surface area is 85.8 Å². The molecule has 2 unspecified atom stereocenters. The number of aliphatic hydroxyl groups is 4. The average molecular weight is 222 g/mol. The maximum absolute atomic E-state index is 9.50. The van der Waals surface area contributed by atoms with E-state index in [1.807, 2.05) is 0 Å². The van der Waals surface area contributed by atoms with Crippen LogP contribution in [-0.4, -0.2) is 70.6 Å². The van der Waals surface area contributed by atoms with E-state index in [1.54, 1.807) is 0 Å². The second kappa shape index (κ2) is 4.30. The van der Waals surface area contributed by atoms with Crippen molar-refractivity contribution >= 4 is 0 Å². The summed E-state index contributed by atoms with van der Waals surface area (Å²) in [4.78, 5) is 0. The number of rotatable bonds is 3. The third-order valence-corrected chi connectivity index (χ3v) is 2.44. The molecule has 2 aliphatic heterocycles. The van der Waals surface area contributed by atoms with Crippen molar-refractivity contribution in [1.82, 2.24) is 0 Å². The van der Waals surface area contributed by atoms with E-state index in [0.717, 1.165) is 0 Å². The Morgan fingerprint density at radius 1 is 1.13 bits per heavy atom. The molecule has 2 fully saturated rings. The second-order valence-electron chi connectivity index (χ2n) is 3.60. The van der Waals surface area contributed by atoms with E-state index < -0.39 is 43.6 Å². The molecule has 7 heteroatoms. The summed E-state index contributed by atoms with van der Waals surface area (Å²) in [7, 11) is 0. The zero-order chi connectivity index (χ0) is 11.0. The second-order valence-corrected chi connectivity index (χ2v) is 3.60. The SMILES string of the molecule is OC[C@H]1OC(OC2CO2)[C@H](O)[C@@H](O)[C@@H]1O. The largest absolute Gasteiger partial charge is 0.394 e. The first-order chi connectivity index (χ1) is 7.13. The van der Waals surface area contributed by atoms with Crippen LogP contribution < -0.4 is 0 Å². The van der Waals surface area contributed by atoms with Crippen LogP contribution in [-0.2, 0) is 14.2 Å². The molecule has 0 aromatic heterocycles. The van der Waals surface area contributed by atoms with Gasteiger partial charge in [-0.25, -0.2) is 0 Å². The fourth-order valence-electron chi connectivity index (χ4n) is 1.45. The quantitative estimate of drug-likeness (QED) is 0.380. The van der Waals surface area contributed by atoms with Crippen molar-refractivity contribution in [3.05, 3.63) is 0 Å². The number of ether oxygens (including phenoxy) is 3. The van der Waals surface area contributed by atoms with Crippen molar-refractivity contribution in [1.29, 1.82) is 0 Å². The Bertz CT molecular complexity index is 217. The predicted molar refractivity (Wildman–Crippen MR) is 44.6 cm³/mol. The van der Waals surface area contributed by atoms with E-state index >= 15 is 0 Å². The fourth-order valence-corrected chi connectivity index (χ4v) is 1.45.